The van der Waals surface area contributed by atoms with E-state index in [1.165, 1.54) is 18.6 Å². The molecule has 1 aromatic heterocycles. The van der Waals surface area contributed by atoms with Gasteiger partial charge in [0.15, 0.2) is 0 Å². The fourth-order valence-corrected chi connectivity index (χ4v) is 1.32. The van der Waals surface area contributed by atoms with Crippen molar-refractivity contribution in [3.8, 4) is 0 Å². The maximum absolute atomic E-state index is 11.6. The standard InChI is InChI=1S/C12H19N3O3/c1-8(13)3-5-14-11(16)9(2)15-12(17)10-4-6-18-7-10/h4,6-9H,3,5,13H2,1-2H3,(H,14,16)(H,15,17). The van der Waals surface area contributed by atoms with Crippen molar-refractivity contribution in [2.75, 3.05) is 6.54 Å². The first kappa shape index (κ1) is 14.2. The molecule has 6 heteroatoms. The molecule has 18 heavy (non-hydrogen) atoms. The van der Waals surface area contributed by atoms with Crippen molar-refractivity contribution in [1.82, 2.24) is 10.6 Å². The molecule has 0 aliphatic carbocycles. The predicted octanol–water partition coefficient (Wildman–Crippen LogP) is 0.251. The molecular formula is C12H19N3O3. The average Bonchev–Trinajstić information content (AvgIpc) is 2.81. The van der Waals surface area contributed by atoms with Gasteiger partial charge < -0.3 is 20.8 Å². The Bertz CT molecular complexity index is 387. The van der Waals surface area contributed by atoms with Crippen molar-refractivity contribution in [1.29, 1.82) is 0 Å². The summed E-state index contributed by atoms with van der Waals surface area (Å²) in [5.74, 6) is -0.564. The van der Waals surface area contributed by atoms with E-state index >= 15 is 0 Å². The van der Waals surface area contributed by atoms with Gasteiger partial charge >= 0.3 is 0 Å². The van der Waals surface area contributed by atoms with E-state index in [9.17, 15) is 9.59 Å². The molecule has 0 aliphatic heterocycles. The third-order valence-corrected chi connectivity index (χ3v) is 2.42. The molecule has 1 rings (SSSR count). The largest absolute Gasteiger partial charge is 0.472 e. The normalized spacial score (nSPS) is 13.7. The zero-order chi connectivity index (χ0) is 13.5. The SMILES string of the molecule is CC(N)CCNC(=O)C(C)NC(=O)c1ccoc1. The molecule has 4 N–H and O–H groups in total. The van der Waals surface area contributed by atoms with Crippen LogP contribution in [0.15, 0.2) is 23.0 Å². The monoisotopic (exact) mass is 253 g/mol. The fraction of sp³-hybridized carbons (Fsp3) is 0.500. The van der Waals surface area contributed by atoms with Crippen LogP contribution in [0.5, 0.6) is 0 Å². The summed E-state index contributed by atoms with van der Waals surface area (Å²) in [6, 6.07) is 0.984. The van der Waals surface area contributed by atoms with E-state index in [0.717, 1.165) is 0 Å². The molecule has 0 spiro atoms. The highest BCUT2D eigenvalue weighted by atomic mass is 16.3. The molecule has 0 aliphatic rings. The summed E-state index contributed by atoms with van der Waals surface area (Å²) < 4.78 is 4.79. The van der Waals surface area contributed by atoms with Crippen LogP contribution in [-0.4, -0.2) is 30.4 Å². The van der Waals surface area contributed by atoms with Crippen LogP contribution in [0.25, 0.3) is 0 Å². The van der Waals surface area contributed by atoms with Gasteiger partial charge in [-0.05, 0) is 26.3 Å². The minimum absolute atomic E-state index is 0.0427. The lowest BCUT2D eigenvalue weighted by Gasteiger charge is -2.14. The average molecular weight is 253 g/mol. The van der Waals surface area contributed by atoms with Gasteiger partial charge in [0, 0.05) is 12.6 Å². The zero-order valence-electron chi connectivity index (χ0n) is 10.6. The Morgan fingerprint density at radius 1 is 1.44 bits per heavy atom. The molecule has 2 unspecified atom stereocenters. The Hall–Kier alpha value is -1.82. The lowest BCUT2D eigenvalue weighted by atomic mass is 10.2. The lowest BCUT2D eigenvalue weighted by Crippen LogP contribution is -2.45. The molecule has 6 nitrogen and oxygen atoms in total. The highest BCUT2D eigenvalue weighted by molar-refractivity contribution is 5.97. The van der Waals surface area contributed by atoms with Crippen molar-refractivity contribution in [3.63, 3.8) is 0 Å². The van der Waals surface area contributed by atoms with Gasteiger partial charge in [-0.2, -0.15) is 0 Å². The Balaban J connectivity index is 2.33. The van der Waals surface area contributed by atoms with Crippen molar-refractivity contribution in [2.45, 2.75) is 32.4 Å². The van der Waals surface area contributed by atoms with Crippen LogP contribution < -0.4 is 16.4 Å². The summed E-state index contributed by atoms with van der Waals surface area (Å²) in [6.45, 7) is 4.00. The minimum atomic E-state index is -0.597. The molecule has 0 radical (unpaired) electrons. The Morgan fingerprint density at radius 2 is 2.17 bits per heavy atom. The Morgan fingerprint density at radius 3 is 2.72 bits per heavy atom. The topological polar surface area (TPSA) is 97.4 Å². The Labute approximate surface area is 106 Å². The molecule has 100 valence electrons. The van der Waals surface area contributed by atoms with E-state index in [2.05, 4.69) is 10.6 Å². The molecule has 2 amide bonds. The first-order valence-corrected chi connectivity index (χ1v) is 5.87. The first-order valence-electron chi connectivity index (χ1n) is 5.87. The van der Waals surface area contributed by atoms with Crippen LogP contribution in [-0.2, 0) is 4.79 Å². The van der Waals surface area contributed by atoms with Crippen molar-refractivity contribution in [2.24, 2.45) is 5.73 Å². The van der Waals surface area contributed by atoms with Gasteiger partial charge in [0.05, 0.1) is 11.8 Å². The number of nitrogens with one attached hydrogen (secondary N) is 2. The van der Waals surface area contributed by atoms with Gasteiger partial charge in [-0.15, -0.1) is 0 Å². The van der Waals surface area contributed by atoms with Gasteiger partial charge in [0.25, 0.3) is 5.91 Å². The number of nitrogens with two attached hydrogens (primary N) is 1. The second-order valence-electron chi connectivity index (χ2n) is 4.26. The van der Waals surface area contributed by atoms with Gasteiger partial charge in [0.1, 0.15) is 12.3 Å². The molecule has 1 aromatic rings. The van der Waals surface area contributed by atoms with Crippen LogP contribution in [0.4, 0.5) is 0 Å². The van der Waals surface area contributed by atoms with E-state index in [0.29, 0.717) is 18.5 Å². The van der Waals surface area contributed by atoms with Gasteiger partial charge in [-0.3, -0.25) is 9.59 Å². The van der Waals surface area contributed by atoms with Crippen LogP contribution >= 0.6 is 0 Å². The second-order valence-corrected chi connectivity index (χ2v) is 4.26. The Kier molecular flexibility index (Phi) is 5.38. The highest BCUT2D eigenvalue weighted by Gasteiger charge is 2.16. The number of carbonyl (C=O) groups is 2. The molecule has 1 heterocycles. The second kappa shape index (κ2) is 6.80. The van der Waals surface area contributed by atoms with E-state index in [4.69, 9.17) is 10.2 Å². The summed E-state index contributed by atoms with van der Waals surface area (Å²) in [5.41, 5.74) is 5.96. The predicted molar refractivity (Wildman–Crippen MR) is 66.9 cm³/mol. The number of rotatable bonds is 6. The highest BCUT2D eigenvalue weighted by Crippen LogP contribution is 2.00. The van der Waals surface area contributed by atoms with E-state index in [1.807, 2.05) is 6.92 Å². The number of hydrogen-bond acceptors (Lipinski definition) is 4. The maximum Gasteiger partial charge on any atom is 0.255 e. The van der Waals surface area contributed by atoms with Crippen molar-refractivity contribution in [3.05, 3.63) is 24.2 Å². The van der Waals surface area contributed by atoms with Gasteiger partial charge in [-0.25, -0.2) is 0 Å². The summed E-state index contributed by atoms with van der Waals surface area (Å²) in [6.07, 6.45) is 3.44. The quantitative estimate of drug-likeness (QED) is 0.677. The summed E-state index contributed by atoms with van der Waals surface area (Å²) in [5, 5.41) is 5.29. The van der Waals surface area contributed by atoms with Crippen LogP contribution in [0.1, 0.15) is 30.6 Å². The lowest BCUT2D eigenvalue weighted by molar-refractivity contribution is -0.122. The molecule has 2 atom stereocenters. The molecule has 0 bridgehead atoms. The maximum atomic E-state index is 11.6. The third-order valence-electron chi connectivity index (χ3n) is 2.42. The van der Waals surface area contributed by atoms with E-state index in [-0.39, 0.29) is 17.9 Å². The third kappa shape index (κ3) is 4.58. The number of hydrogen-bond donors (Lipinski definition) is 3. The molecule has 0 saturated heterocycles. The molecular weight excluding hydrogens is 234 g/mol. The molecule has 0 saturated carbocycles. The minimum Gasteiger partial charge on any atom is -0.472 e. The van der Waals surface area contributed by atoms with Crippen molar-refractivity contribution < 1.29 is 14.0 Å². The van der Waals surface area contributed by atoms with Gasteiger partial charge in [0.2, 0.25) is 5.91 Å². The van der Waals surface area contributed by atoms with Gasteiger partial charge in [-0.1, -0.05) is 0 Å². The van der Waals surface area contributed by atoms with Crippen LogP contribution in [0.3, 0.4) is 0 Å². The van der Waals surface area contributed by atoms with E-state index in [1.54, 1.807) is 6.92 Å². The smallest absolute Gasteiger partial charge is 0.255 e. The van der Waals surface area contributed by atoms with Crippen LogP contribution in [0.2, 0.25) is 0 Å². The van der Waals surface area contributed by atoms with Crippen molar-refractivity contribution >= 4 is 11.8 Å². The number of carbonyl (C=O) groups excluding carboxylic acids is 2. The summed E-state index contributed by atoms with van der Waals surface area (Å²) >= 11 is 0. The fourth-order valence-electron chi connectivity index (χ4n) is 1.32. The number of furan rings is 1. The first-order chi connectivity index (χ1) is 8.50. The number of amides is 2. The van der Waals surface area contributed by atoms with E-state index < -0.39 is 6.04 Å². The molecule has 0 aromatic carbocycles. The summed E-state index contributed by atoms with van der Waals surface area (Å²) in [7, 11) is 0. The molecule has 0 fully saturated rings. The zero-order valence-corrected chi connectivity index (χ0v) is 10.6. The summed E-state index contributed by atoms with van der Waals surface area (Å²) in [4.78, 5) is 23.3. The van der Waals surface area contributed by atoms with Crippen LogP contribution in [0, 0.1) is 0 Å².